The highest BCUT2D eigenvalue weighted by Gasteiger charge is 1.99. The van der Waals surface area contributed by atoms with Crippen LogP contribution in [0.15, 0.2) is 48.5 Å². The SMILES string of the molecule is O=C(O)C=Cc1ccc(COCCOc2ccccc2)s1. The van der Waals surface area contributed by atoms with E-state index < -0.39 is 5.97 Å². The molecule has 0 aliphatic rings. The van der Waals surface area contributed by atoms with Crippen LogP contribution >= 0.6 is 11.3 Å². The van der Waals surface area contributed by atoms with Gasteiger partial charge in [-0.05, 0) is 30.3 Å². The number of para-hydroxylation sites is 1. The first kappa shape index (κ1) is 15.3. The third-order valence-electron chi connectivity index (χ3n) is 2.56. The number of aliphatic carboxylic acids is 1. The number of thiophene rings is 1. The van der Waals surface area contributed by atoms with Crippen molar-refractivity contribution in [1.82, 2.24) is 0 Å². The van der Waals surface area contributed by atoms with Gasteiger partial charge in [0.25, 0.3) is 0 Å². The highest BCUT2D eigenvalue weighted by molar-refractivity contribution is 7.12. The molecular weight excluding hydrogens is 288 g/mol. The summed E-state index contributed by atoms with van der Waals surface area (Å²) in [7, 11) is 0. The summed E-state index contributed by atoms with van der Waals surface area (Å²) in [5.41, 5.74) is 0. The molecule has 0 saturated carbocycles. The van der Waals surface area contributed by atoms with Gasteiger partial charge in [0.05, 0.1) is 13.2 Å². The van der Waals surface area contributed by atoms with E-state index in [1.165, 1.54) is 11.3 Å². The van der Waals surface area contributed by atoms with Crippen LogP contribution in [0.2, 0.25) is 0 Å². The number of rotatable bonds is 8. The van der Waals surface area contributed by atoms with Crippen molar-refractivity contribution in [3.05, 3.63) is 58.3 Å². The maximum absolute atomic E-state index is 10.4. The van der Waals surface area contributed by atoms with Crippen molar-refractivity contribution in [3.8, 4) is 5.75 Å². The number of carboxylic acids is 1. The summed E-state index contributed by atoms with van der Waals surface area (Å²) in [6, 6.07) is 13.4. The molecule has 2 rings (SSSR count). The lowest BCUT2D eigenvalue weighted by Gasteiger charge is -2.06. The number of ether oxygens (including phenoxy) is 2. The van der Waals surface area contributed by atoms with Crippen molar-refractivity contribution in [1.29, 1.82) is 0 Å². The molecule has 2 aromatic rings. The standard InChI is InChI=1S/C16H16O4S/c17-16(18)9-8-14-6-7-15(21-14)12-19-10-11-20-13-4-2-1-3-5-13/h1-9H,10-12H2,(H,17,18). The summed E-state index contributed by atoms with van der Waals surface area (Å²) in [5, 5.41) is 8.56. The quantitative estimate of drug-likeness (QED) is 0.599. The van der Waals surface area contributed by atoms with Crippen LogP contribution in [-0.2, 0) is 16.1 Å². The van der Waals surface area contributed by atoms with E-state index in [9.17, 15) is 4.79 Å². The number of benzene rings is 1. The first-order chi connectivity index (χ1) is 10.2. The average molecular weight is 304 g/mol. The summed E-state index contributed by atoms with van der Waals surface area (Å²) in [6.45, 7) is 1.51. The van der Waals surface area contributed by atoms with Crippen LogP contribution in [0.4, 0.5) is 0 Å². The lowest BCUT2D eigenvalue weighted by atomic mass is 10.3. The zero-order valence-electron chi connectivity index (χ0n) is 11.4. The zero-order chi connectivity index (χ0) is 14.9. The van der Waals surface area contributed by atoms with E-state index in [0.29, 0.717) is 19.8 Å². The Morgan fingerprint density at radius 2 is 1.95 bits per heavy atom. The Morgan fingerprint density at radius 1 is 1.14 bits per heavy atom. The lowest BCUT2D eigenvalue weighted by Crippen LogP contribution is -2.06. The van der Waals surface area contributed by atoms with Crippen LogP contribution in [0.5, 0.6) is 5.75 Å². The average Bonchev–Trinajstić information content (AvgIpc) is 2.94. The van der Waals surface area contributed by atoms with Crippen molar-refractivity contribution >= 4 is 23.4 Å². The fourth-order valence-electron chi connectivity index (χ4n) is 1.62. The van der Waals surface area contributed by atoms with Gasteiger partial charge in [-0.15, -0.1) is 11.3 Å². The van der Waals surface area contributed by atoms with E-state index in [2.05, 4.69) is 0 Å². The molecule has 21 heavy (non-hydrogen) atoms. The van der Waals surface area contributed by atoms with Crippen molar-refractivity contribution in [2.45, 2.75) is 6.61 Å². The van der Waals surface area contributed by atoms with E-state index in [0.717, 1.165) is 21.6 Å². The van der Waals surface area contributed by atoms with Crippen LogP contribution in [0.25, 0.3) is 6.08 Å². The van der Waals surface area contributed by atoms with Gasteiger partial charge in [0.2, 0.25) is 0 Å². The molecule has 1 N–H and O–H groups in total. The largest absolute Gasteiger partial charge is 0.491 e. The molecule has 1 aromatic carbocycles. The predicted molar refractivity (Wildman–Crippen MR) is 82.6 cm³/mol. The molecule has 0 spiro atoms. The van der Waals surface area contributed by atoms with Crippen molar-refractivity contribution < 1.29 is 19.4 Å². The molecule has 4 nitrogen and oxygen atoms in total. The van der Waals surface area contributed by atoms with Crippen LogP contribution in [0.3, 0.4) is 0 Å². The van der Waals surface area contributed by atoms with Gasteiger partial charge < -0.3 is 14.6 Å². The third-order valence-corrected chi connectivity index (χ3v) is 3.58. The Balaban J connectivity index is 1.66. The molecule has 110 valence electrons. The van der Waals surface area contributed by atoms with Crippen LogP contribution in [-0.4, -0.2) is 24.3 Å². The molecule has 0 fully saturated rings. The second-order valence-corrected chi connectivity index (χ2v) is 5.39. The van der Waals surface area contributed by atoms with E-state index in [1.807, 2.05) is 42.5 Å². The number of carboxylic acid groups (broad SMARTS) is 1. The first-order valence-electron chi connectivity index (χ1n) is 6.49. The summed E-state index contributed by atoms with van der Waals surface area (Å²) in [5.74, 6) is -0.113. The molecule has 1 aromatic heterocycles. The fourth-order valence-corrected chi connectivity index (χ4v) is 2.48. The Kier molecular flexibility index (Phi) is 5.99. The first-order valence-corrected chi connectivity index (χ1v) is 7.31. The predicted octanol–water partition coefficient (Wildman–Crippen LogP) is 3.44. The second-order valence-electron chi connectivity index (χ2n) is 4.19. The van der Waals surface area contributed by atoms with E-state index in [4.69, 9.17) is 14.6 Å². The molecule has 0 bridgehead atoms. The number of hydrogen-bond donors (Lipinski definition) is 1. The molecule has 0 unspecified atom stereocenters. The van der Waals surface area contributed by atoms with E-state index in [-0.39, 0.29) is 0 Å². The highest BCUT2D eigenvalue weighted by atomic mass is 32.1. The van der Waals surface area contributed by atoms with Gasteiger partial charge in [-0.1, -0.05) is 18.2 Å². The number of hydrogen-bond acceptors (Lipinski definition) is 4. The minimum Gasteiger partial charge on any atom is -0.491 e. The topological polar surface area (TPSA) is 55.8 Å². The van der Waals surface area contributed by atoms with Crippen molar-refractivity contribution in [3.63, 3.8) is 0 Å². The highest BCUT2D eigenvalue weighted by Crippen LogP contribution is 2.18. The Hall–Kier alpha value is -2.11. The maximum Gasteiger partial charge on any atom is 0.328 e. The smallest absolute Gasteiger partial charge is 0.328 e. The normalized spacial score (nSPS) is 10.9. The van der Waals surface area contributed by atoms with Crippen LogP contribution in [0, 0.1) is 0 Å². The monoisotopic (exact) mass is 304 g/mol. The van der Waals surface area contributed by atoms with E-state index in [1.54, 1.807) is 6.08 Å². The van der Waals surface area contributed by atoms with Gasteiger partial charge in [0, 0.05) is 15.8 Å². The Morgan fingerprint density at radius 3 is 2.71 bits per heavy atom. The minimum absolute atomic E-state index is 0.501. The Labute approximate surface area is 127 Å². The lowest BCUT2D eigenvalue weighted by molar-refractivity contribution is -0.131. The third kappa shape index (κ3) is 5.81. The van der Waals surface area contributed by atoms with Gasteiger partial charge in [-0.2, -0.15) is 0 Å². The van der Waals surface area contributed by atoms with Crippen molar-refractivity contribution in [2.24, 2.45) is 0 Å². The van der Waals surface area contributed by atoms with Gasteiger partial charge in [-0.3, -0.25) is 0 Å². The van der Waals surface area contributed by atoms with Gasteiger partial charge >= 0.3 is 5.97 Å². The Bertz CT molecular complexity index is 589. The minimum atomic E-state index is -0.945. The maximum atomic E-state index is 10.4. The molecule has 0 saturated heterocycles. The summed E-state index contributed by atoms with van der Waals surface area (Å²) >= 11 is 1.51. The molecule has 5 heteroatoms. The molecule has 0 aliphatic carbocycles. The van der Waals surface area contributed by atoms with E-state index >= 15 is 0 Å². The number of carbonyl (C=O) groups is 1. The molecule has 0 atom stereocenters. The zero-order valence-corrected chi connectivity index (χ0v) is 12.2. The van der Waals surface area contributed by atoms with Gasteiger partial charge in [0.1, 0.15) is 12.4 Å². The summed E-state index contributed by atoms with van der Waals surface area (Å²) in [6.07, 6.45) is 2.71. The summed E-state index contributed by atoms with van der Waals surface area (Å²) in [4.78, 5) is 12.4. The van der Waals surface area contributed by atoms with Crippen LogP contribution in [0.1, 0.15) is 9.75 Å². The molecule has 1 heterocycles. The molecule has 0 radical (unpaired) electrons. The van der Waals surface area contributed by atoms with Gasteiger partial charge in [-0.25, -0.2) is 4.79 Å². The fraction of sp³-hybridized carbons (Fsp3) is 0.188. The molecular formula is C16H16O4S. The van der Waals surface area contributed by atoms with Crippen molar-refractivity contribution in [2.75, 3.05) is 13.2 Å². The molecule has 0 amide bonds. The summed E-state index contributed by atoms with van der Waals surface area (Å²) < 4.78 is 11.0. The van der Waals surface area contributed by atoms with Crippen LogP contribution < -0.4 is 4.74 Å². The second kappa shape index (κ2) is 8.24. The van der Waals surface area contributed by atoms with Gasteiger partial charge in [0.15, 0.2) is 0 Å². The molecule has 0 aliphatic heterocycles.